The van der Waals surface area contributed by atoms with Gasteiger partial charge in [-0.25, -0.2) is 4.99 Å². The van der Waals surface area contributed by atoms with Gasteiger partial charge in [0.2, 0.25) is 0 Å². The Balaban J connectivity index is 0.00000420. The summed E-state index contributed by atoms with van der Waals surface area (Å²) in [6, 6.07) is 8.85. The quantitative estimate of drug-likeness (QED) is 0.196. The van der Waals surface area contributed by atoms with Gasteiger partial charge >= 0.3 is 0 Å². The van der Waals surface area contributed by atoms with E-state index in [9.17, 15) is 0 Å². The van der Waals surface area contributed by atoms with Gasteiger partial charge in [0.1, 0.15) is 12.4 Å². The number of hydrogen-bond acceptors (Lipinski definition) is 5. The summed E-state index contributed by atoms with van der Waals surface area (Å²) in [7, 11) is 2.18. The van der Waals surface area contributed by atoms with Crippen LogP contribution in [0.25, 0.3) is 0 Å². The van der Waals surface area contributed by atoms with Crippen LogP contribution in [0.5, 0.6) is 5.75 Å². The number of likely N-dealkylation sites (N-methyl/N-ethyl adjacent to an activating group) is 1. The number of aliphatic imine (C=N–C) groups is 1. The first kappa shape index (κ1) is 26.3. The molecule has 1 aliphatic heterocycles. The van der Waals surface area contributed by atoms with E-state index < -0.39 is 0 Å². The number of nitrogens with zero attached hydrogens (tertiary/aromatic N) is 2. The minimum absolute atomic E-state index is 0. The molecule has 1 aromatic carbocycles. The first-order chi connectivity index (χ1) is 13.7. The maximum atomic E-state index is 5.99. The fraction of sp³-hybridized carbons (Fsp3) is 0.667. The van der Waals surface area contributed by atoms with Crippen LogP contribution in [-0.2, 0) is 11.3 Å². The summed E-state index contributed by atoms with van der Waals surface area (Å²) in [5.74, 6) is 2.84. The molecule has 1 aromatic rings. The van der Waals surface area contributed by atoms with Crippen LogP contribution < -0.4 is 15.4 Å². The highest BCUT2D eigenvalue weighted by atomic mass is 127. The SMILES string of the molecule is CCNC(=NCc1cccc(OCCN(C)C2CCOCC2)c1)NCCSC.I. The van der Waals surface area contributed by atoms with Crippen LogP contribution in [0.15, 0.2) is 29.3 Å². The number of benzene rings is 1. The molecule has 1 fully saturated rings. The molecule has 0 amide bonds. The lowest BCUT2D eigenvalue weighted by Crippen LogP contribution is -2.38. The van der Waals surface area contributed by atoms with Crippen molar-refractivity contribution < 1.29 is 9.47 Å². The van der Waals surface area contributed by atoms with Crippen molar-refractivity contribution in [1.29, 1.82) is 0 Å². The topological polar surface area (TPSA) is 58.1 Å². The Labute approximate surface area is 197 Å². The molecule has 8 heteroatoms. The van der Waals surface area contributed by atoms with Crippen LogP contribution in [0.3, 0.4) is 0 Å². The zero-order chi connectivity index (χ0) is 20.0. The third-order valence-corrected chi connectivity index (χ3v) is 5.40. The lowest BCUT2D eigenvalue weighted by atomic mass is 10.1. The van der Waals surface area contributed by atoms with E-state index >= 15 is 0 Å². The Morgan fingerprint density at radius 2 is 2.10 bits per heavy atom. The van der Waals surface area contributed by atoms with E-state index in [0.29, 0.717) is 19.2 Å². The van der Waals surface area contributed by atoms with E-state index in [4.69, 9.17) is 9.47 Å². The molecule has 1 aliphatic rings. The van der Waals surface area contributed by atoms with E-state index in [1.807, 2.05) is 23.9 Å². The number of nitrogens with one attached hydrogen (secondary N) is 2. The van der Waals surface area contributed by atoms with Gasteiger partial charge in [0.05, 0.1) is 6.54 Å². The molecule has 1 heterocycles. The summed E-state index contributed by atoms with van der Waals surface area (Å²) in [6.45, 7) is 7.85. The molecular weight excluding hydrogens is 499 g/mol. The number of guanidine groups is 1. The van der Waals surface area contributed by atoms with Gasteiger partial charge in [0.15, 0.2) is 5.96 Å². The number of thioether (sulfide) groups is 1. The van der Waals surface area contributed by atoms with Crippen molar-refractivity contribution in [3.8, 4) is 5.75 Å². The van der Waals surface area contributed by atoms with Crippen molar-refractivity contribution >= 4 is 41.7 Å². The molecule has 0 spiro atoms. The molecule has 0 unspecified atom stereocenters. The zero-order valence-electron chi connectivity index (χ0n) is 18.0. The van der Waals surface area contributed by atoms with Crippen molar-refractivity contribution in [3.05, 3.63) is 29.8 Å². The van der Waals surface area contributed by atoms with Crippen LogP contribution in [0.4, 0.5) is 0 Å². The highest BCUT2D eigenvalue weighted by molar-refractivity contribution is 14.0. The number of hydrogen-bond donors (Lipinski definition) is 2. The Morgan fingerprint density at radius 3 is 2.83 bits per heavy atom. The van der Waals surface area contributed by atoms with Crippen molar-refractivity contribution in [1.82, 2.24) is 15.5 Å². The maximum Gasteiger partial charge on any atom is 0.191 e. The second-order valence-electron chi connectivity index (χ2n) is 6.93. The molecule has 0 bridgehead atoms. The maximum absolute atomic E-state index is 5.99. The smallest absolute Gasteiger partial charge is 0.191 e. The molecule has 29 heavy (non-hydrogen) atoms. The predicted octanol–water partition coefficient (Wildman–Crippen LogP) is 3.21. The highest BCUT2D eigenvalue weighted by Gasteiger charge is 2.17. The van der Waals surface area contributed by atoms with Crippen LogP contribution >= 0.6 is 35.7 Å². The first-order valence-corrected chi connectivity index (χ1v) is 11.6. The lowest BCUT2D eigenvalue weighted by molar-refractivity contribution is 0.0392. The van der Waals surface area contributed by atoms with Crippen molar-refractivity contribution in [2.24, 2.45) is 4.99 Å². The second-order valence-corrected chi connectivity index (χ2v) is 7.92. The van der Waals surface area contributed by atoms with E-state index in [1.165, 1.54) is 0 Å². The molecule has 0 saturated carbocycles. The monoisotopic (exact) mass is 536 g/mol. The summed E-state index contributed by atoms with van der Waals surface area (Å²) in [5.41, 5.74) is 1.15. The van der Waals surface area contributed by atoms with Crippen LogP contribution in [0, 0.1) is 0 Å². The molecular formula is C21H37IN4O2S. The van der Waals surface area contributed by atoms with Crippen molar-refractivity contribution in [2.45, 2.75) is 32.4 Å². The largest absolute Gasteiger partial charge is 0.492 e. The Bertz CT molecular complexity index is 586. The van der Waals surface area contributed by atoms with Crippen molar-refractivity contribution in [2.75, 3.05) is 58.5 Å². The molecule has 1 saturated heterocycles. The van der Waals surface area contributed by atoms with Gasteiger partial charge in [-0.1, -0.05) is 12.1 Å². The third-order valence-electron chi connectivity index (χ3n) is 4.79. The van der Waals surface area contributed by atoms with E-state index in [2.05, 4.69) is 52.9 Å². The van der Waals surface area contributed by atoms with Gasteiger partial charge in [-0.05, 0) is 50.8 Å². The Morgan fingerprint density at radius 1 is 1.31 bits per heavy atom. The average molecular weight is 537 g/mol. The molecule has 0 aliphatic carbocycles. The molecule has 0 aromatic heterocycles. The summed E-state index contributed by atoms with van der Waals surface area (Å²) < 4.78 is 11.4. The van der Waals surface area contributed by atoms with E-state index in [0.717, 1.165) is 68.7 Å². The normalized spacial score (nSPS) is 15.1. The highest BCUT2D eigenvalue weighted by Crippen LogP contribution is 2.15. The standard InChI is InChI=1S/C21H36N4O2S.HI/c1-4-22-21(23-10-15-28-3)24-17-18-6-5-7-20(16-18)27-14-11-25(2)19-8-12-26-13-9-19;/h5-7,16,19H,4,8-15,17H2,1-3H3,(H2,22,23,24);1H. The van der Waals surface area contributed by atoms with Gasteiger partial charge in [0, 0.05) is 44.6 Å². The summed E-state index contributed by atoms with van der Waals surface area (Å²) in [5, 5.41) is 6.64. The van der Waals surface area contributed by atoms with Crippen LogP contribution in [-0.4, -0.2) is 75.4 Å². The fourth-order valence-electron chi connectivity index (χ4n) is 3.13. The fourth-order valence-corrected chi connectivity index (χ4v) is 3.44. The molecule has 166 valence electrons. The number of rotatable bonds is 11. The predicted molar refractivity (Wildman–Crippen MR) is 135 cm³/mol. The number of ether oxygens (including phenoxy) is 2. The lowest BCUT2D eigenvalue weighted by Gasteiger charge is -2.31. The average Bonchev–Trinajstić information content (AvgIpc) is 2.73. The van der Waals surface area contributed by atoms with E-state index in [1.54, 1.807) is 0 Å². The molecule has 0 atom stereocenters. The molecule has 2 N–H and O–H groups in total. The summed E-state index contributed by atoms with van der Waals surface area (Å²) in [6.07, 6.45) is 4.34. The molecule has 6 nitrogen and oxygen atoms in total. The molecule has 0 radical (unpaired) electrons. The van der Waals surface area contributed by atoms with Crippen molar-refractivity contribution in [3.63, 3.8) is 0 Å². The molecule has 2 rings (SSSR count). The second kappa shape index (κ2) is 16.0. The van der Waals surface area contributed by atoms with Crippen LogP contribution in [0.2, 0.25) is 0 Å². The van der Waals surface area contributed by atoms with Gasteiger partial charge < -0.3 is 20.1 Å². The van der Waals surface area contributed by atoms with E-state index in [-0.39, 0.29) is 24.0 Å². The minimum Gasteiger partial charge on any atom is -0.492 e. The summed E-state index contributed by atoms with van der Waals surface area (Å²) >= 11 is 1.83. The number of halogens is 1. The Hall–Kier alpha value is -0.710. The summed E-state index contributed by atoms with van der Waals surface area (Å²) in [4.78, 5) is 7.06. The third kappa shape index (κ3) is 10.8. The zero-order valence-corrected chi connectivity index (χ0v) is 21.1. The van der Waals surface area contributed by atoms with Gasteiger partial charge in [-0.2, -0.15) is 11.8 Å². The van der Waals surface area contributed by atoms with Gasteiger partial charge in [-0.3, -0.25) is 4.90 Å². The van der Waals surface area contributed by atoms with Gasteiger partial charge in [0.25, 0.3) is 0 Å². The minimum atomic E-state index is 0. The van der Waals surface area contributed by atoms with Gasteiger partial charge in [-0.15, -0.1) is 24.0 Å². The Kier molecular flexibility index (Phi) is 14.6. The first-order valence-electron chi connectivity index (χ1n) is 10.2. The van der Waals surface area contributed by atoms with Crippen LogP contribution in [0.1, 0.15) is 25.3 Å².